The Morgan fingerprint density at radius 2 is 1.60 bits per heavy atom. The van der Waals surface area contributed by atoms with Gasteiger partial charge in [0.25, 0.3) is 0 Å². The maximum Gasteiger partial charge on any atom is 0.147 e. The Balaban J connectivity index is 1.64. The number of nitrogens with one attached hydrogen (secondary N) is 1. The number of nitrogens with two attached hydrogens (primary N) is 1. The lowest BCUT2D eigenvalue weighted by Gasteiger charge is -2.57. The van der Waals surface area contributed by atoms with Gasteiger partial charge in [0, 0.05) is 5.54 Å². The average Bonchev–Trinajstić information content (AvgIpc) is 2.34. The highest BCUT2D eigenvalue weighted by molar-refractivity contribution is 6.37. The van der Waals surface area contributed by atoms with E-state index in [1.807, 2.05) is 0 Å². The molecule has 4 aliphatic carbocycles. The van der Waals surface area contributed by atoms with E-state index >= 15 is 0 Å². The fourth-order valence-corrected chi connectivity index (χ4v) is 5.49. The number of aromatic nitrogens is 1. The van der Waals surface area contributed by atoms with Crippen LogP contribution in [0, 0.1) is 17.8 Å². The van der Waals surface area contributed by atoms with E-state index in [0.717, 1.165) is 17.8 Å². The Kier molecular flexibility index (Phi) is 2.87. The van der Waals surface area contributed by atoms with Crippen LogP contribution in [-0.4, -0.2) is 10.5 Å². The van der Waals surface area contributed by atoms with Crippen LogP contribution in [0.2, 0.25) is 10.0 Å². The Hall–Kier alpha value is -0.670. The molecule has 4 bridgehead atoms. The Morgan fingerprint density at radius 3 is 2.15 bits per heavy atom. The fourth-order valence-electron chi connectivity index (χ4n) is 5.08. The van der Waals surface area contributed by atoms with Crippen molar-refractivity contribution in [3.8, 4) is 0 Å². The highest BCUT2D eigenvalue weighted by Gasteiger charge is 2.51. The molecule has 1 aromatic heterocycles. The van der Waals surface area contributed by atoms with E-state index < -0.39 is 0 Å². The number of anilines is 2. The van der Waals surface area contributed by atoms with Crippen molar-refractivity contribution in [2.45, 2.75) is 44.1 Å². The summed E-state index contributed by atoms with van der Waals surface area (Å²) in [5.41, 5.74) is 6.00. The van der Waals surface area contributed by atoms with Gasteiger partial charge in [0.05, 0.1) is 10.0 Å². The molecule has 4 saturated carbocycles. The maximum atomic E-state index is 6.28. The molecule has 0 amide bonds. The summed E-state index contributed by atoms with van der Waals surface area (Å²) in [6.07, 6.45) is 8.01. The number of hydrogen-bond donors (Lipinski definition) is 2. The summed E-state index contributed by atoms with van der Waals surface area (Å²) in [7, 11) is 0. The van der Waals surface area contributed by atoms with Crippen LogP contribution in [0.5, 0.6) is 0 Å². The molecule has 0 aromatic carbocycles. The lowest BCUT2D eigenvalue weighted by molar-refractivity contribution is 0.0105. The van der Waals surface area contributed by atoms with Gasteiger partial charge in [-0.05, 0) is 62.3 Å². The Labute approximate surface area is 129 Å². The third-order valence-electron chi connectivity index (χ3n) is 5.38. The minimum atomic E-state index is 0.186. The number of nitrogen functional groups attached to an aromatic ring is 1. The first kappa shape index (κ1) is 13.0. The largest absolute Gasteiger partial charge is 0.382 e. The third kappa shape index (κ3) is 2.06. The van der Waals surface area contributed by atoms with E-state index in [1.54, 1.807) is 6.07 Å². The van der Waals surface area contributed by atoms with Crippen molar-refractivity contribution in [2.75, 3.05) is 11.1 Å². The highest BCUT2D eigenvalue weighted by atomic mass is 35.5. The van der Waals surface area contributed by atoms with Crippen LogP contribution in [-0.2, 0) is 0 Å². The summed E-state index contributed by atoms with van der Waals surface area (Å²) in [6, 6.07) is 1.69. The van der Waals surface area contributed by atoms with Gasteiger partial charge in [-0.15, -0.1) is 0 Å². The molecular weight excluding hydrogens is 293 g/mol. The van der Waals surface area contributed by atoms with Gasteiger partial charge in [0.2, 0.25) is 0 Å². The number of hydrogen-bond acceptors (Lipinski definition) is 3. The van der Waals surface area contributed by atoms with Crippen LogP contribution in [0.3, 0.4) is 0 Å². The first-order valence-electron chi connectivity index (χ1n) is 7.43. The van der Waals surface area contributed by atoms with E-state index in [9.17, 15) is 0 Å². The molecule has 0 unspecified atom stereocenters. The number of pyridine rings is 1. The van der Waals surface area contributed by atoms with Crippen LogP contribution in [0.15, 0.2) is 6.07 Å². The van der Waals surface area contributed by atoms with Crippen molar-refractivity contribution in [1.29, 1.82) is 0 Å². The lowest BCUT2D eigenvalue weighted by atomic mass is 9.53. The van der Waals surface area contributed by atoms with Crippen molar-refractivity contribution < 1.29 is 0 Å². The smallest absolute Gasteiger partial charge is 0.147 e. The summed E-state index contributed by atoms with van der Waals surface area (Å²) >= 11 is 12.2. The minimum absolute atomic E-state index is 0.186. The van der Waals surface area contributed by atoms with Gasteiger partial charge in [-0.3, -0.25) is 0 Å². The fraction of sp³-hybridized carbons (Fsp3) is 0.667. The van der Waals surface area contributed by atoms with E-state index in [0.29, 0.717) is 21.7 Å². The lowest BCUT2D eigenvalue weighted by Crippen LogP contribution is -2.54. The molecule has 4 fully saturated rings. The molecular formula is C15H19Cl2N3. The molecule has 5 rings (SSSR count). The number of halogens is 2. The van der Waals surface area contributed by atoms with E-state index in [1.165, 1.54) is 38.5 Å². The van der Waals surface area contributed by atoms with E-state index in [-0.39, 0.29) is 5.54 Å². The third-order valence-corrected chi connectivity index (χ3v) is 5.97. The second-order valence-electron chi connectivity index (χ2n) is 7.01. The molecule has 20 heavy (non-hydrogen) atoms. The van der Waals surface area contributed by atoms with Crippen LogP contribution in [0.1, 0.15) is 38.5 Å². The zero-order chi connectivity index (χ0) is 13.9. The highest BCUT2D eigenvalue weighted by Crippen LogP contribution is 2.56. The van der Waals surface area contributed by atoms with Gasteiger partial charge in [0.1, 0.15) is 11.6 Å². The molecule has 0 aliphatic heterocycles. The van der Waals surface area contributed by atoms with Gasteiger partial charge in [-0.2, -0.15) is 0 Å². The van der Waals surface area contributed by atoms with E-state index in [2.05, 4.69) is 10.3 Å². The Bertz CT molecular complexity index is 523. The zero-order valence-electron chi connectivity index (χ0n) is 11.3. The summed E-state index contributed by atoms with van der Waals surface area (Å²) in [4.78, 5) is 4.35. The predicted molar refractivity (Wildman–Crippen MR) is 83.2 cm³/mol. The monoisotopic (exact) mass is 311 g/mol. The molecule has 3 nitrogen and oxygen atoms in total. The molecule has 5 heteroatoms. The van der Waals surface area contributed by atoms with Crippen LogP contribution < -0.4 is 11.1 Å². The first-order chi connectivity index (χ1) is 9.53. The van der Waals surface area contributed by atoms with Crippen molar-refractivity contribution in [3.05, 3.63) is 16.1 Å². The maximum absolute atomic E-state index is 6.28. The van der Waals surface area contributed by atoms with Gasteiger partial charge in [0.15, 0.2) is 0 Å². The quantitative estimate of drug-likeness (QED) is 0.853. The second kappa shape index (κ2) is 4.41. The summed E-state index contributed by atoms with van der Waals surface area (Å²) in [5, 5.41) is 4.63. The van der Waals surface area contributed by atoms with Crippen molar-refractivity contribution in [1.82, 2.24) is 4.98 Å². The van der Waals surface area contributed by atoms with Gasteiger partial charge in [-0.1, -0.05) is 23.2 Å². The predicted octanol–water partition coefficient (Wildman–Crippen LogP) is 4.35. The topological polar surface area (TPSA) is 50.9 Å². The SMILES string of the molecule is Nc1nc(NC23CC4CC(CC(C4)C2)C3)c(Cl)cc1Cl. The minimum Gasteiger partial charge on any atom is -0.382 e. The summed E-state index contributed by atoms with van der Waals surface area (Å²) in [6.45, 7) is 0. The molecule has 108 valence electrons. The van der Waals surface area contributed by atoms with Gasteiger partial charge < -0.3 is 11.1 Å². The van der Waals surface area contributed by atoms with Gasteiger partial charge in [-0.25, -0.2) is 4.98 Å². The standard InChI is InChI=1S/C15H19Cl2N3/c16-11-4-12(17)14(19-13(11)18)20-15-5-8-1-9(6-15)3-10(2-8)7-15/h4,8-10H,1-3,5-7H2,(H3,18,19,20). The van der Waals surface area contributed by atoms with Crippen molar-refractivity contribution >= 4 is 34.8 Å². The first-order valence-corrected chi connectivity index (χ1v) is 8.18. The molecule has 0 saturated heterocycles. The average molecular weight is 312 g/mol. The van der Waals surface area contributed by atoms with Crippen LogP contribution in [0.4, 0.5) is 11.6 Å². The second-order valence-corrected chi connectivity index (χ2v) is 7.82. The normalized spacial score (nSPS) is 38.2. The molecule has 1 aromatic rings. The number of nitrogens with zero attached hydrogens (tertiary/aromatic N) is 1. The molecule has 0 radical (unpaired) electrons. The van der Waals surface area contributed by atoms with Crippen molar-refractivity contribution in [3.63, 3.8) is 0 Å². The summed E-state index contributed by atoms with van der Waals surface area (Å²) < 4.78 is 0. The number of rotatable bonds is 2. The van der Waals surface area contributed by atoms with Crippen LogP contribution in [0.25, 0.3) is 0 Å². The molecule has 0 spiro atoms. The molecule has 0 atom stereocenters. The van der Waals surface area contributed by atoms with Crippen molar-refractivity contribution in [2.24, 2.45) is 17.8 Å². The van der Waals surface area contributed by atoms with E-state index in [4.69, 9.17) is 28.9 Å². The summed E-state index contributed by atoms with van der Waals surface area (Å²) in [5.74, 6) is 3.71. The molecule has 1 heterocycles. The van der Waals surface area contributed by atoms with Crippen LogP contribution >= 0.6 is 23.2 Å². The molecule has 3 N–H and O–H groups in total. The van der Waals surface area contributed by atoms with Gasteiger partial charge >= 0.3 is 0 Å². The molecule has 4 aliphatic rings. The zero-order valence-corrected chi connectivity index (χ0v) is 12.8. The Morgan fingerprint density at radius 1 is 1.05 bits per heavy atom.